The van der Waals surface area contributed by atoms with Crippen molar-refractivity contribution < 1.29 is 14.4 Å². The third kappa shape index (κ3) is 3.88. The van der Waals surface area contributed by atoms with Gasteiger partial charge in [-0.1, -0.05) is 35.3 Å². The molecule has 2 bridgehead atoms. The van der Waals surface area contributed by atoms with E-state index in [9.17, 15) is 19.2 Å². The maximum absolute atomic E-state index is 13.7. The first-order valence-corrected chi connectivity index (χ1v) is 12.3. The van der Waals surface area contributed by atoms with Crippen molar-refractivity contribution in [1.82, 2.24) is 19.3 Å². The number of hydrogen-bond donors (Lipinski definition) is 0. The topological polar surface area (TPSA) is 82.9 Å². The molecular weight excluding hydrogens is 491 g/mol. The van der Waals surface area contributed by atoms with E-state index in [4.69, 9.17) is 23.2 Å². The minimum atomic E-state index is -1.56. The van der Waals surface area contributed by atoms with Gasteiger partial charge in [0.15, 0.2) is 0 Å². The van der Waals surface area contributed by atoms with E-state index in [0.717, 1.165) is 21.9 Å². The van der Waals surface area contributed by atoms with Gasteiger partial charge in [-0.2, -0.15) is 0 Å². The highest BCUT2D eigenvalue weighted by atomic mass is 35.5. The first kappa shape index (κ1) is 24.0. The molecule has 184 valence electrons. The zero-order valence-electron chi connectivity index (χ0n) is 19.5. The maximum atomic E-state index is 13.7. The number of benzene rings is 1. The Labute approximate surface area is 213 Å². The fourth-order valence-corrected chi connectivity index (χ4v) is 6.52. The number of carbonyl (C=O) groups is 3. The number of amides is 4. The number of fused-ring (bicyclic) bond motifs is 4. The number of barbiturate groups is 1. The van der Waals surface area contributed by atoms with Crippen molar-refractivity contribution in [3.63, 3.8) is 0 Å². The van der Waals surface area contributed by atoms with Crippen LogP contribution in [0.2, 0.25) is 10.0 Å². The second kappa shape index (κ2) is 8.76. The molecule has 0 unspecified atom stereocenters. The number of imide groups is 2. The summed E-state index contributed by atoms with van der Waals surface area (Å²) in [5, 5.41) is 0.729. The van der Waals surface area contributed by atoms with Crippen LogP contribution in [-0.4, -0.2) is 70.8 Å². The predicted molar refractivity (Wildman–Crippen MR) is 132 cm³/mol. The molecule has 2 aromatic rings. The number of hydrogen-bond acceptors (Lipinski definition) is 5. The molecule has 5 rings (SSSR count). The molecule has 3 aliphatic heterocycles. The Morgan fingerprint density at radius 1 is 0.886 bits per heavy atom. The van der Waals surface area contributed by atoms with E-state index in [-0.39, 0.29) is 30.4 Å². The quantitative estimate of drug-likeness (QED) is 0.583. The van der Waals surface area contributed by atoms with E-state index < -0.39 is 23.3 Å². The summed E-state index contributed by atoms with van der Waals surface area (Å²) in [6.07, 6.45) is 0.927. The number of rotatable bonds is 4. The molecule has 1 aromatic heterocycles. The minimum Gasteiger partial charge on any atom is -0.312 e. The molecular formula is C25H26Cl2N4O4. The summed E-state index contributed by atoms with van der Waals surface area (Å²) in [7, 11) is 2.79. The van der Waals surface area contributed by atoms with Crippen molar-refractivity contribution in [3.8, 4) is 0 Å². The summed E-state index contributed by atoms with van der Waals surface area (Å²) in [4.78, 5) is 56.5. The van der Waals surface area contributed by atoms with E-state index in [1.54, 1.807) is 30.3 Å². The third-order valence-corrected chi connectivity index (χ3v) is 8.30. The summed E-state index contributed by atoms with van der Waals surface area (Å²) in [6.45, 7) is 1.96. The van der Waals surface area contributed by atoms with Crippen LogP contribution in [0.4, 0.5) is 4.79 Å². The van der Waals surface area contributed by atoms with Gasteiger partial charge in [0.05, 0.1) is 0 Å². The average molecular weight is 517 g/mol. The SMILES string of the molecule is CN1C(=O)N(C)C(=O)C(Cc2c(Cl)cccc2Cl)(CN2C[C@@H]3C[C@H](C2)c2cccc(=O)n2C3)C1=O. The van der Waals surface area contributed by atoms with Crippen molar-refractivity contribution in [2.45, 2.75) is 25.3 Å². The highest BCUT2D eigenvalue weighted by molar-refractivity contribution is 6.36. The number of pyridine rings is 1. The summed E-state index contributed by atoms with van der Waals surface area (Å²) in [5.74, 6) is -0.792. The van der Waals surface area contributed by atoms with Crippen LogP contribution in [0.1, 0.15) is 23.6 Å². The van der Waals surface area contributed by atoms with Gasteiger partial charge in [0, 0.05) is 68.0 Å². The number of urea groups is 1. The molecule has 8 nitrogen and oxygen atoms in total. The molecule has 0 saturated carbocycles. The lowest BCUT2D eigenvalue weighted by Gasteiger charge is -2.48. The monoisotopic (exact) mass is 516 g/mol. The van der Waals surface area contributed by atoms with Crippen molar-refractivity contribution >= 4 is 41.0 Å². The van der Waals surface area contributed by atoms with E-state index in [2.05, 4.69) is 4.90 Å². The molecule has 2 saturated heterocycles. The highest BCUT2D eigenvalue weighted by Crippen LogP contribution is 2.41. The van der Waals surface area contributed by atoms with Gasteiger partial charge in [0.1, 0.15) is 5.41 Å². The van der Waals surface area contributed by atoms with E-state index in [1.807, 2.05) is 10.6 Å². The molecule has 4 heterocycles. The van der Waals surface area contributed by atoms with E-state index in [0.29, 0.717) is 35.2 Å². The molecule has 0 radical (unpaired) electrons. The number of carbonyl (C=O) groups excluding carboxylic acids is 3. The van der Waals surface area contributed by atoms with Gasteiger partial charge < -0.3 is 9.47 Å². The molecule has 0 N–H and O–H groups in total. The van der Waals surface area contributed by atoms with Gasteiger partial charge in [-0.15, -0.1) is 0 Å². The van der Waals surface area contributed by atoms with Gasteiger partial charge in [-0.25, -0.2) is 4.79 Å². The van der Waals surface area contributed by atoms with E-state index in [1.165, 1.54) is 14.1 Å². The van der Waals surface area contributed by atoms with Crippen molar-refractivity contribution in [2.75, 3.05) is 33.7 Å². The Kier molecular flexibility index (Phi) is 6.02. The zero-order chi connectivity index (χ0) is 25.1. The van der Waals surface area contributed by atoms with Gasteiger partial charge in [0.2, 0.25) is 11.8 Å². The lowest BCUT2D eigenvalue weighted by Crippen LogP contribution is -2.67. The van der Waals surface area contributed by atoms with Crippen LogP contribution < -0.4 is 5.56 Å². The van der Waals surface area contributed by atoms with Crippen molar-refractivity contribution in [3.05, 3.63) is 68.1 Å². The molecule has 10 heteroatoms. The van der Waals surface area contributed by atoms with Crippen LogP contribution in [-0.2, 0) is 22.6 Å². The second-order valence-electron chi connectivity index (χ2n) is 9.86. The fraction of sp³-hybridized carbons (Fsp3) is 0.440. The van der Waals surface area contributed by atoms with Crippen molar-refractivity contribution in [1.29, 1.82) is 0 Å². The molecule has 0 aliphatic carbocycles. The predicted octanol–water partition coefficient (Wildman–Crippen LogP) is 2.85. The standard InChI is InChI=1S/C25H26Cl2N4O4/c1-28-22(33)25(23(34)29(2)24(28)35,10-17-18(26)5-3-6-19(17)27)14-30-11-15-9-16(13-30)20-7-4-8-21(32)31(20)12-15/h3-8,15-16H,9-14H2,1-2H3/t15-,16+/m0/s1. The fourth-order valence-electron chi connectivity index (χ4n) is 5.98. The third-order valence-electron chi connectivity index (χ3n) is 7.59. The Morgan fingerprint density at radius 3 is 2.17 bits per heavy atom. The first-order chi connectivity index (χ1) is 16.6. The Morgan fingerprint density at radius 2 is 1.51 bits per heavy atom. The first-order valence-electron chi connectivity index (χ1n) is 11.6. The van der Waals surface area contributed by atoms with Gasteiger partial charge >= 0.3 is 6.03 Å². The number of likely N-dealkylation sites (tertiary alicyclic amines) is 1. The molecule has 2 atom stereocenters. The molecule has 2 fully saturated rings. The largest absolute Gasteiger partial charge is 0.332 e. The number of halogens is 2. The summed E-state index contributed by atoms with van der Waals surface area (Å²) in [6, 6.07) is 9.72. The highest BCUT2D eigenvalue weighted by Gasteiger charge is 2.57. The smallest absolute Gasteiger partial charge is 0.312 e. The maximum Gasteiger partial charge on any atom is 0.332 e. The Balaban J connectivity index is 1.54. The van der Waals surface area contributed by atoms with Crippen molar-refractivity contribution in [2.24, 2.45) is 11.3 Å². The average Bonchev–Trinajstić information content (AvgIpc) is 2.83. The lowest BCUT2D eigenvalue weighted by atomic mass is 9.75. The normalized spacial score (nSPS) is 24.1. The van der Waals surface area contributed by atoms with Crippen LogP contribution in [0.15, 0.2) is 41.2 Å². The number of piperidine rings is 1. The molecule has 3 aliphatic rings. The molecule has 0 spiro atoms. The molecule has 35 heavy (non-hydrogen) atoms. The van der Waals surface area contributed by atoms with Crippen LogP contribution >= 0.6 is 23.2 Å². The Hall–Kier alpha value is -2.68. The zero-order valence-corrected chi connectivity index (χ0v) is 21.1. The van der Waals surface area contributed by atoms with Crippen LogP contribution in [0.25, 0.3) is 0 Å². The van der Waals surface area contributed by atoms with Gasteiger partial charge in [-0.05, 0) is 42.5 Å². The summed E-state index contributed by atoms with van der Waals surface area (Å²) < 4.78 is 1.84. The van der Waals surface area contributed by atoms with E-state index >= 15 is 0 Å². The van der Waals surface area contributed by atoms with Gasteiger partial charge in [-0.3, -0.25) is 24.2 Å². The Bertz CT molecular complexity index is 1250. The van der Waals surface area contributed by atoms with Crippen LogP contribution in [0.5, 0.6) is 0 Å². The molecule has 1 aromatic carbocycles. The minimum absolute atomic E-state index is 0.00474. The lowest BCUT2D eigenvalue weighted by molar-refractivity contribution is -0.159. The van der Waals surface area contributed by atoms with Gasteiger partial charge in [0.25, 0.3) is 5.56 Å². The van der Waals surface area contributed by atoms with Crippen LogP contribution in [0, 0.1) is 11.3 Å². The molecule has 4 amide bonds. The number of aromatic nitrogens is 1. The summed E-state index contributed by atoms with van der Waals surface area (Å²) >= 11 is 12.9. The number of nitrogens with zero attached hydrogens (tertiary/aromatic N) is 4. The van der Waals surface area contributed by atoms with Crippen LogP contribution in [0.3, 0.4) is 0 Å². The summed E-state index contributed by atoms with van der Waals surface area (Å²) in [5.41, 5.74) is -0.0846. The second-order valence-corrected chi connectivity index (χ2v) is 10.7.